The Balaban J connectivity index is 5.21. The molecule has 0 spiro atoms. The summed E-state index contributed by atoms with van der Waals surface area (Å²) in [6, 6.07) is -4.32. The van der Waals surface area contributed by atoms with E-state index in [9.17, 15) is 24.0 Å². The number of rotatable bonds is 13. The third-order valence-electron chi connectivity index (χ3n) is 5.12. The Morgan fingerprint density at radius 1 is 0.833 bits per heavy atom. The fraction of sp³-hybridized carbons (Fsp3) is 0.737. The molecule has 0 aromatic heterocycles. The molecule has 0 saturated carbocycles. The Hall–Kier alpha value is -2.69. The number of carbonyl (C=O) groups is 5. The van der Waals surface area contributed by atoms with Crippen molar-refractivity contribution >= 4 is 29.6 Å². The molecule has 6 atom stereocenters. The van der Waals surface area contributed by atoms with E-state index >= 15 is 0 Å². The Bertz CT molecular complexity index is 641. The second kappa shape index (κ2) is 12.8. The van der Waals surface area contributed by atoms with Crippen molar-refractivity contribution in [2.75, 3.05) is 0 Å². The highest BCUT2D eigenvalue weighted by molar-refractivity contribution is 5.94. The number of carboxylic acids is 1. The number of nitrogens with two attached hydrogens (primary N) is 2. The van der Waals surface area contributed by atoms with Gasteiger partial charge in [0.2, 0.25) is 23.6 Å². The Morgan fingerprint density at radius 3 is 1.80 bits per heavy atom. The van der Waals surface area contributed by atoms with Gasteiger partial charge in [-0.1, -0.05) is 40.5 Å². The number of carboxylic acid groups (broad SMARTS) is 1. The maximum Gasteiger partial charge on any atom is 0.326 e. The summed E-state index contributed by atoms with van der Waals surface area (Å²) in [6.45, 7) is 8.67. The van der Waals surface area contributed by atoms with Gasteiger partial charge in [-0.05, 0) is 18.8 Å². The summed E-state index contributed by atoms with van der Waals surface area (Å²) in [5.74, 6) is -4.59. The van der Waals surface area contributed by atoms with E-state index in [4.69, 9.17) is 16.6 Å². The van der Waals surface area contributed by atoms with Gasteiger partial charge in [0.05, 0.1) is 12.5 Å². The Labute approximate surface area is 176 Å². The number of amides is 4. The van der Waals surface area contributed by atoms with Gasteiger partial charge in [-0.2, -0.15) is 0 Å². The largest absolute Gasteiger partial charge is 0.480 e. The molecule has 172 valence electrons. The van der Waals surface area contributed by atoms with Crippen LogP contribution < -0.4 is 27.4 Å². The molecule has 30 heavy (non-hydrogen) atoms. The molecule has 0 aliphatic rings. The third-order valence-corrected chi connectivity index (χ3v) is 5.12. The molecule has 0 aromatic carbocycles. The maximum absolute atomic E-state index is 12.6. The number of primary amides is 1. The zero-order chi connectivity index (χ0) is 23.6. The minimum atomic E-state index is -1.51. The van der Waals surface area contributed by atoms with Crippen molar-refractivity contribution in [3.63, 3.8) is 0 Å². The highest BCUT2D eigenvalue weighted by Gasteiger charge is 2.32. The van der Waals surface area contributed by atoms with Gasteiger partial charge in [0.1, 0.15) is 18.1 Å². The van der Waals surface area contributed by atoms with Crippen molar-refractivity contribution in [3.8, 4) is 0 Å². The van der Waals surface area contributed by atoms with Crippen LogP contribution in [0.15, 0.2) is 0 Å². The zero-order valence-electron chi connectivity index (χ0n) is 18.2. The van der Waals surface area contributed by atoms with Crippen LogP contribution in [0.1, 0.15) is 53.9 Å². The number of hydrogen-bond donors (Lipinski definition) is 6. The lowest BCUT2D eigenvalue weighted by Crippen LogP contribution is -2.58. The smallest absolute Gasteiger partial charge is 0.326 e. The molecule has 0 rings (SSSR count). The molecule has 4 amide bonds. The van der Waals surface area contributed by atoms with E-state index in [0.717, 1.165) is 0 Å². The van der Waals surface area contributed by atoms with E-state index in [2.05, 4.69) is 16.0 Å². The minimum Gasteiger partial charge on any atom is -0.480 e. The molecular weight excluding hydrogens is 394 g/mol. The lowest BCUT2D eigenvalue weighted by Gasteiger charge is -2.27. The lowest BCUT2D eigenvalue weighted by molar-refractivity contribution is -0.144. The second-order valence-corrected chi connectivity index (χ2v) is 7.58. The molecule has 0 saturated heterocycles. The van der Waals surface area contributed by atoms with Crippen LogP contribution in [0.2, 0.25) is 0 Å². The second-order valence-electron chi connectivity index (χ2n) is 7.58. The first-order valence-electron chi connectivity index (χ1n) is 10.0. The number of nitrogens with one attached hydrogen (secondary N) is 3. The predicted octanol–water partition coefficient (Wildman–Crippen LogP) is -1.16. The fourth-order valence-corrected chi connectivity index (χ4v) is 2.53. The Kier molecular flexibility index (Phi) is 11.6. The van der Waals surface area contributed by atoms with Gasteiger partial charge in [-0.3, -0.25) is 19.2 Å². The molecule has 0 fully saturated rings. The number of hydrogen-bond acceptors (Lipinski definition) is 6. The van der Waals surface area contributed by atoms with Gasteiger partial charge < -0.3 is 32.5 Å². The first kappa shape index (κ1) is 27.3. The molecule has 8 N–H and O–H groups in total. The van der Waals surface area contributed by atoms with E-state index < -0.39 is 60.2 Å². The fourth-order valence-electron chi connectivity index (χ4n) is 2.53. The quantitative estimate of drug-likeness (QED) is 0.212. The minimum absolute atomic E-state index is 0.0721. The van der Waals surface area contributed by atoms with Crippen molar-refractivity contribution < 1.29 is 29.1 Å². The van der Waals surface area contributed by atoms with Crippen molar-refractivity contribution in [3.05, 3.63) is 0 Å². The van der Waals surface area contributed by atoms with Gasteiger partial charge in [-0.15, -0.1) is 0 Å². The van der Waals surface area contributed by atoms with Crippen LogP contribution in [-0.2, 0) is 24.0 Å². The zero-order valence-corrected chi connectivity index (χ0v) is 18.2. The normalized spacial score (nSPS) is 16.9. The molecule has 6 unspecified atom stereocenters. The highest BCUT2D eigenvalue weighted by atomic mass is 16.4. The molecule has 0 bridgehead atoms. The molecule has 0 aliphatic carbocycles. The molecule has 0 heterocycles. The van der Waals surface area contributed by atoms with Crippen molar-refractivity contribution in [1.82, 2.24) is 16.0 Å². The third kappa shape index (κ3) is 8.76. The van der Waals surface area contributed by atoms with Crippen LogP contribution in [-0.4, -0.2) is 58.9 Å². The van der Waals surface area contributed by atoms with Gasteiger partial charge >= 0.3 is 5.97 Å². The van der Waals surface area contributed by atoms with Crippen LogP contribution in [0.4, 0.5) is 0 Å². The first-order chi connectivity index (χ1) is 13.8. The predicted molar refractivity (Wildman–Crippen MR) is 110 cm³/mol. The van der Waals surface area contributed by atoms with E-state index in [-0.39, 0.29) is 11.8 Å². The Morgan fingerprint density at radius 2 is 1.37 bits per heavy atom. The standard InChI is InChI=1S/C19H35N5O6/c1-6-9(3)14(21)17(27)22-11(5)16(26)24-15(10(4)7-2)18(28)23-12(19(29)30)8-13(20)25/h9-12,14-15H,6-8,21H2,1-5H3,(H2,20,25)(H,22,27)(H,23,28)(H,24,26)(H,29,30). The molecule has 0 aliphatic heterocycles. The van der Waals surface area contributed by atoms with E-state index in [0.29, 0.717) is 12.8 Å². The highest BCUT2D eigenvalue weighted by Crippen LogP contribution is 2.10. The number of aliphatic carboxylic acids is 1. The molecule has 11 heteroatoms. The first-order valence-corrected chi connectivity index (χ1v) is 10.0. The van der Waals surface area contributed by atoms with E-state index in [1.165, 1.54) is 6.92 Å². The lowest BCUT2D eigenvalue weighted by atomic mass is 9.97. The van der Waals surface area contributed by atoms with Gasteiger partial charge in [0.15, 0.2) is 0 Å². The molecular formula is C19H35N5O6. The summed E-state index contributed by atoms with van der Waals surface area (Å²) >= 11 is 0. The van der Waals surface area contributed by atoms with Crippen molar-refractivity contribution in [1.29, 1.82) is 0 Å². The SMILES string of the molecule is CCC(C)C(N)C(=O)NC(C)C(=O)NC(C(=O)NC(CC(N)=O)C(=O)O)C(C)CC. The summed E-state index contributed by atoms with van der Waals surface area (Å²) < 4.78 is 0. The van der Waals surface area contributed by atoms with Crippen molar-refractivity contribution in [2.45, 2.75) is 78.0 Å². The van der Waals surface area contributed by atoms with Gasteiger partial charge in [0.25, 0.3) is 0 Å². The maximum atomic E-state index is 12.6. The van der Waals surface area contributed by atoms with Gasteiger partial charge in [0, 0.05) is 0 Å². The van der Waals surface area contributed by atoms with E-state index in [1.54, 1.807) is 13.8 Å². The molecule has 11 nitrogen and oxygen atoms in total. The monoisotopic (exact) mass is 429 g/mol. The van der Waals surface area contributed by atoms with Gasteiger partial charge in [-0.25, -0.2) is 4.79 Å². The summed E-state index contributed by atoms with van der Waals surface area (Å²) in [5.41, 5.74) is 10.9. The summed E-state index contributed by atoms with van der Waals surface area (Å²) in [4.78, 5) is 59.6. The topological polar surface area (TPSA) is 194 Å². The van der Waals surface area contributed by atoms with Crippen LogP contribution >= 0.6 is 0 Å². The molecule has 0 aromatic rings. The summed E-state index contributed by atoms with van der Waals surface area (Å²) in [7, 11) is 0. The van der Waals surface area contributed by atoms with Crippen LogP contribution in [0.3, 0.4) is 0 Å². The van der Waals surface area contributed by atoms with Crippen LogP contribution in [0.25, 0.3) is 0 Å². The van der Waals surface area contributed by atoms with Crippen LogP contribution in [0.5, 0.6) is 0 Å². The summed E-state index contributed by atoms with van der Waals surface area (Å²) in [6.07, 6.45) is 0.620. The van der Waals surface area contributed by atoms with E-state index in [1.807, 2.05) is 13.8 Å². The van der Waals surface area contributed by atoms with Crippen LogP contribution in [0, 0.1) is 11.8 Å². The average Bonchev–Trinajstić information content (AvgIpc) is 2.68. The molecule has 0 radical (unpaired) electrons. The number of carbonyl (C=O) groups excluding carboxylic acids is 4. The average molecular weight is 430 g/mol. The van der Waals surface area contributed by atoms with Crippen molar-refractivity contribution in [2.24, 2.45) is 23.3 Å². The summed E-state index contributed by atoms with van der Waals surface area (Å²) in [5, 5.41) is 16.4.